The van der Waals surface area contributed by atoms with Gasteiger partial charge >= 0.3 is 0 Å². The van der Waals surface area contributed by atoms with Gasteiger partial charge < -0.3 is 15.4 Å². The van der Waals surface area contributed by atoms with Gasteiger partial charge in [0.1, 0.15) is 0 Å². The molecule has 0 aliphatic rings. The molecule has 0 atom stereocenters. The molecule has 0 bridgehead atoms. The van der Waals surface area contributed by atoms with E-state index in [4.69, 9.17) is 4.74 Å². The van der Waals surface area contributed by atoms with Gasteiger partial charge in [-0.05, 0) is 44.5 Å². The third-order valence-corrected chi connectivity index (χ3v) is 2.57. The van der Waals surface area contributed by atoms with Crippen LogP contribution in [-0.2, 0) is 4.74 Å². The summed E-state index contributed by atoms with van der Waals surface area (Å²) in [7, 11) is 0. The summed E-state index contributed by atoms with van der Waals surface area (Å²) in [6.07, 6.45) is 1.28. The van der Waals surface area contributed by atoms with Crippen molar-refractivity contribution in [2.45, 2.75) is 33.3 Å². The van der Waals surface area contributed by atoms with Gasteiger partial charge in [-0.2, -0.15) is 0 Å². The van der Waals surface area contributed by atoms with Crippen molar-refractivity contribution >= 4 is 11.6 Å². The molecule has 1 amide bonds. The maximum Gasteiger partial charge on any atom is 0.251 e. The summed E-state index contributed by atoms with van der Waals surface area (Å²) in [6.45, 7) is 8.09. The number of hydrogen-bond acceptors (Lipinski definition) is 3. The van der Waals surface area contributed by atoms with Crippen LogP contribution in [0.5, 0.6) is 0 Å². The van der Waals surface area contributed by atoms with E-state index in [0.29, 0.717) is 18.7 Å². The number of amides is 1. The minimum Gasteiger partial charge on any atom is -0.385 e. The van der Waals surface area contributed by atoms with Crippen molar-refractivity contribution in [3.05, 3.63) is 29.8 Å². The highest BCUT2D eigenvalue weighted by molar-refractivity contribution is 5.94. The predicted molar refractivity (Wildman–Crippen MR) is 78.6 cm³/mol. The quantitative estimate of drug-likeness (QED) is 0.710. The second-order valence-electron chi connectivity index (χ2n) is 4.68. The minimum atomic E-state index is -0.0607. The Morgan fingerprint density at radius 1 is 1.21 bits per heavy atom. The summed E-state index contributed by atoms with van der Waals surface area (Å²) in [4.78, 5) is 11.8. The Hall–Kier alpha value is -1.55. The standard InChI is InChI=1S/C15H24N2O2/c1-4-9-16-14-7-5-13(6-8-14)15(18)17-10-11-19-12(2)3/h5-8,12,16H,4,9-11H2,1-3H3,(H,17,18). The second-order valence-corrected chi connectivity index (χ2v) is 4.68. The van der Waals surface area contributed by atoms with E-state index in [9.17, 15) is 4.79 Å². The summed E-state index contributed by atoms with van der Waals surface area (Å²) in [6, 6.07) is 7.51. The molecule has 19 heavy (non-hydrogen) atoms. The number of ether oxygens (including phenoxy) is 1. The summed E-state index contributed by atoms with van der Waals surface area (Å²) < 4.78 is 5.37. The Morgan fingerprint density at radius 2 is 1.89 bits per heavy atom. The number of rotatable bonds is 8. The molecule has 0 heterocycles. The molecule has 106 valence electrons. The van der Waals surface area contributed by atoms with Crippen LogP contribution in [0.15, 0.2) is 24.3 Å². The van der Waals surface area contributed by atoms with Crippen LogP contribution in [0, 0.1) is 0 Å². The fourth-order valence-corrected chi connectivity index (χ4v) is 1.57. The van der Waals surface area contributed by atoms with E-state index < -0.39 is 0 Å². The number of benzene rings is 1. The van der Waals surface area contributed by atoms with E-state index in [2.05, 4.69) is 17.6 Å². The number of hydrogen-bond donors (Lipinski definition) is 2. The molecule has 0 fully saturated rings. The molecule has 0 saturated carbocycles. The van der Waals surface area contributed by atoms with Crippen LogP contribution in [0.1, 0.15) is 37.6 Å². The topological polar surface area (TPSA) is 50.4 Å². The van der Waals surface area contributed by atoms with Crippen molar-refractivity contribution in [3.63, 3.8) is 0 Å². The van der Waals surface area contributed by atoms with Crippen molar-refractivity contribution < 1.29 is 9.53 Å². The molecular formula is C15H24N2O2. The fraction of sp³-hybridized carbons (Fsp3) is 0.533. The molecule has 0 unspecified atom stereocenters. The first-order valence-electron chi connectivity index (χ1n) is 6.87. The molecule has 0 aromatic heterocycles. The van der Waals surface area contributed by atoms with Crippen LogP contribution >= 0.6 is 0 Å². The summed E-state index contributed by atoms with van der Waals surface area (Å²) >= 11 is 0. The lowest BCUT2D eigenvalue weighted by Gasteiger charge is -2.09. The van der Waals surface area contributed by atoms with Crippen molar-refractivity contribution in [2.75, 3.05) is 25.0 Å². The van der Waals surface area contributed by atoms with Gasteiger partial charge in [-0.25, -0.2) is 0 Å². The van der Waals surface area contributed by atoms with Crippen LogP contribution in [0.2, 0.25) is 0 Å². The predicted octanol–water partition coefficient (Wildman–Crippen LogP) is 2.66. The van der Waals surface area contributed by atoms with Crippen molar-refractivity contribution in [1.82, 2.24) is 5.32 Å². The summed E-state index contributed by atoms with van der Waals surface area (Å²) in [5.74, 6) is -0.0607. The Kier molecular flexibility index (Phi) is 6.97. The van der Waals surface area contributed by atoms with E-state index in [0.717, 1.165) is 18.7 Å². The highest BCUT2D eigenvalue weighted by atomic mass is 16.5. The molecule has 0 radical (unpaired) electrons. The monoisotopic (exact) mass is 264 g/mol. The average Bonchev–Trinajstić information content (AvgIpc) is 2.41. The van der Waals surface area contributed by atoms with Gasteiger partial charge in [0.15, 0.2) is 0 Å². The molecule has 1 aromatic carbocycles. The maximum absolute atomic E-state index is 11.8. The van der Waals surface area contributed by atoms with Crippen LogP contribution in [-0.4, -0.2) is 31.7 Å². The highest BCUT2D eigenvalue weighted by Gasteiger charge is 2.04. The third kappa shape index (κ3) is 6.25. The van der Waals surface area contributed by atoms with Gasteiger partial charge in [0, 0.05) is 24.3 Å². The van der Waals surface area contributed by atoms with E-state index in [1.165, 1.54) is 0 Å². The summed E-state index contributed by atoms with van der Waals surface area (Å²) in [5, 5.41) is 6.11. The first-order chi connectivity index (χ1) is 9.13. The lowest BCUT2D eigenvalue weighted by Crippen LogP contribution is -2.28. The highest BCUT2D eigenvalue weighted by Crippen LogP contribution is 2.09. The van der Waals surface area contributed by atoms with Gasteiger partial charge in [-0.1, -0.05) is 6.92 Å². The molecule has 0 aliphatic heterocycles. The average molecular weight is 264 g/mol. The van der Waals surface area contributed by atoms with Crippen molar-refractivity contribution in [2.24, 2.45) is 0 Å². The maximum atomic E-state index is 11.8. The molecule has 0 aliphatic carbocycles. The number of anilines is 1. The normalized spacial score (nSPS) is 10.5. The lowest BCUT2D eigenvalue weighted by atomic mass is 10.2. The smallest absolute Gasteiger partial charge is 0.251 e. The second kappa shape index (κ2) is 8.53. The van der Waals surface area contributed by atoms with Gasteiger partial charge in [-0.15, -0.1) is 0 Å². The largest absolute Gasteiger partial charge is 0.385 e. The van der Waals surface area contributed by atoms with Crippen molar-refractivity contribution in [1.29, 1.82) is 0 Å². The van der Waals surface area contributed by atoms with Gasteiger partial charge in [0.05, 0.1) is 12.7 Å². The molecule has 1 aromatic rings. The first-order valence-corrected chi connectivity index (χ1v) is 6.87. The number of carbonyl (C=O) groups excluding carboxylic acids is 1. The molecule has 4 heteroatoms. The van der Waals surface area contributed by atoms with E-state index >= 15 is 0 Å². The van der Waals surface area contributed by atoms with E-state index in [1.54, 1.807) is 0 Å². The van der Waals surface area contributed by atoms with Gasteiger partial charge in [-0.3, -0.25) is 4.79 Å². The van der Waals surface area contributed by atoms with E-state index in [1.807, 2.05) is 38.1 Å². The Bertz CT molecular complexity index is 374. The number of carbonyl (C=O) groups is 1. The van der Waals surface area contributed by atoms with E-state index in [-0.39, 0.29) is 12.0 Å². The molecule has 4 nitrogen and oxygen atoms in total. The zero-order chi connectivity index (χ0) is 14.1. The molecular weight excluding hydrogens is 240 g/mol. The zero-order valence-corrected chi connectivity index (χ0v) is 12.0. The third-order valence-electron chi connectivity index (χ3n) is 2.57. The zero-order valence-electron chi connectivity index (χ0n) is 12.0. The fourth-order valence-electron chi connectivity index (χ4n) is 1.57. The first kappa shape index (κ1) is 15.5. The van der Waals surface area contributed by atoms with Crippen molar-refractivity contribution in [3.8, 4) is 0 Å². The minimum absolute atomic E-state index is 0.0607. The molecule has 2 N–H and O–H groups in total. The molecule has 0 saturated heterocycles. The Balaban J connectivity index is 2.36. The SMILES string of the molecule is CCCNc1ccc(C(=O)NCCOC(C)C)cc1. The van der Waals surface area contributed by atoms with Gasteiger partial charge in [0.2, 0.25) is 0 Å². The molecule has 0 spiro atoms. The Morgan fingerprint density at radius 3 is 2.47 bits per heavy atom. The Labute approximate surface area is 115 Å². The van der Waals surface area contributed by atoms with Crippen LogP contribution in [0.3, 0.4) is 0 Å². The molecule has 1 rings (SSSR count). The van der Waals surface area contributed by atoms with Gasteiger partial charge in [0.25, 0.3) is 5.91 Å². The lowest BCUT2D eigenvalue weighted by molar-refractivity contribution is 0.0746. The van der Waals surface area contributed by atoms with Crippen LogP contribution < -0.4 is 10.6 Å². The summed E-state index contributed by atoms with van der Waals surface area (Å²) in [5.41, 5.74) is 1.72. The van der Waals surface area contributed by atoms with Crippen LogP contribution in [0.4, 0.5) is 5.69 Å². The van der Waals surface area contributed by atoms with Crippen LogP contribution in [0.25, 0.3) is 0 Å². The number of nitrogens with one attached hydrogen (secondary N) is 2.